The SMILES string of the molecule is CC1CCCC(C)N1C(=O)c1ccccc1NS(=O)(=O)c1cccc([N+](=O)[O-])c1. The van der Waals surface area contributed by atoms with Gasteiger partial charge < -0.3 is 4.90 Å². The van der Waals surface area contributed by atoms with Crippen molar-refractivity contribution in [3.05, 3.63) is 64.2 Å². The third-order valence-electron chi connectivity index (χ3n) is 5.17. The number of piperidine rings is 1. The van der Waals surface area contributed by atoms with E-state index < -0.39 is 14.9 Å². The molecule has 1 heterocycles. The number of nitrogens with zero attached hydrogens (tertiary/aromatic N) is 2. The Morgan fingerprint density at radius 1 is 1.10 bits per heavy atom. The number of hydrogen-bond acceptors (Lipinski definition) is 5. The molecule has 3 rings (SSSR count). The number of anilines is 1. The summed E-state index contributed by atoms with van der Waals surface area (Å²) in [5, 5.41) is 11.0. The zero-order chi connectivity index (χ0) is 21.2. The average molecular weight is 417 g/mol. The van der Waals surface area contributed by atoms with Crippen LogP contribution in [0.2, 0.25) is 0 Å². The van der Waals surface area contributed by atoms with Gasteiger partial charge in [0.15, 0.2) is 0 Å². The van der Waals surface area contributed by atoms with Crippen LogP contribution in [0.5, 0.6) is 0 Å². The number of carbonyl (C=O) groups excluding carboxylic acids is 1. The van der Waals surface area contributed by atoms with Crippen LogP contribution in [-0.4, -0.2) is 36.2 Å². The number of non-ortho nitro benzene ring substituents is 1. The smallest absolute Gasteiger partial charge is 0.270 e. The fourth-order valence-corrected chi connectivity index (χ4v) is 4.81. The molecule has 0 saturated carbocycles. The second-order valence-electron chi connectivity index (χ2n) is 7.25. The maximum atomic E-state index is 13.2. The van der Waals surface area contributed by atoms with Gasteiger partial charge in [0.1, 0.15) is 0 Å². The highest BCUT2D eigenvalue weighted by Gasteiger charge is 2.31. The minimum Gasteiger partial charge on any atom is -0.333 e. The number of benzene rings is 2. The minimum absolute atomic E-state index is 0.0627. The van der Waals surface area contributed by atoms with Crippen LogP contribution in [0.4, 0.5) is 11.4 Å². The number of likely N-dealkylation sites (tertiary alicyclic amines) is 1. The Morgan fingerprint density at radius 3 is 2.41 bits per heavy atom. The Hall–Kier alpha value is -2.94. The Kier molecular flexibility index (Phi) is 5.88. The van der Waals surface area contributed by atoms with E-state index in [0.717, 1.165) is 25.3 Å². The second-order valence-corrected chi connectivity index (χ2v) is 8.93. The van der Waals surface area contributed by atoms with Crippen molar-refractivity contribution in [3.8, 4) is 0 Å². The topological polar surface area (TPSA) is 110 Å². The maximum Gasteiger partial charge on any atom is 0.270 e. The van der Waals surface area contributed by atoms with Crippen LogP contribution in [0, 0.1) is 10.1 Å². The molecule has 0 bridgehead atoms. The third kappa shape index (κ3) is 4.40. The van der Waals surface area contributed by atoms with E-state index in [1.54, 1.807) is 23.1 Å². The van der Waals surface area contributed by atoms with Crippen LogP contribution in [0.1, 0.15) is 43.5 Å². The predicted molar refractivity (Wildman–Crippen MR) is 109 cm³/mol. The van der Waals surface area contributed by atoms with Crippen molar-refractivity contribution in [2.45, 2.75) is 50.1 Å². The van der Waals surface area contributed by atoms with E-state index in [2.05, 4.69) is 4.72 Å². The summed E-state index contributed by atoms with van der Waals surface area (Å²) in [6.07, 6.45) is 2.85. The Bertz CT molecular complexity index is 1030. The van der Waals surface area contributed by atoms with Crippen molar-refractivity contribution in [1.29, 1.82) is 0 Å². The van der Waals surface area contributed by atoms with Crippen molar-refractivity contribution in [3.63, 3.8) is 0 Å². The first-order chi connectivity index (χ1) is 13.7. The number of rotatable bonds is 5. The van der Waals surface area contributed by atoms with Gasteiger partial charge in [0.05, 0.1) is 21.1 Å². The fraction of sp³-hybridized carbons (Fsp3) is 0.350. The molecule has 1 fully saturated rings. The molecular weight excluding hydrogens is 394 g/mol. The number of nitro benzene ring substituents is 1. The Morgan fingerprint density at radius 2 is 1.76 bits per heavy atom. The summed E-state index contributed by atoms with van der Waals surface area (Å²) >= 11 is 0. The van der Waals surface area contributed by atoms with Crippen LogP contribution >= 0.6 is 0 Å². The van der Waals surface area contributed by atoms with Gasteiger partial charge in [0, 0.05) is 24.2 Å². The van der Waals surface area contributed by atoms with Gasteiger partial charge in [-0.15, -0.1) is 0 Å². The summed E-state index contributed by atoms with van der Waals surface area (Å²) in [4.78, 5) is 25.1. The highest BCUT2D eigenvalue weighted by molar-refractivity contribution is 7.92. The van der Waals surface area contributed by atoms with Crippen molar-refractivity contribution >= 4 is 27.3 Å². The molecule has 0 radical (unpaired) electrons. The van der Waals surface area contributed by atoms with E-state index in [9.17, 15) is 23.3 Å². The first-order valence-corrected chi connectivity index (χ1v) is 10.9. The van der Waals surface area contributed by atoms with Crippen molar-refractivity contribution < 1.29 is 18.1 Å². The molecule has 1 aliphatic heterocycles. The van der Waals surface area contributed by atoms with Crippen LogP contribution in [0.15, 0.2) is 53.4 Å². The van der Waals surface area contributed by atoms with Crippen molar-refractivity contribution in [2.24, 2.45) is 0 Å². The van der Waals surface area contributed by atoms with Crippen LogP contribution in [0.3, 0.4) is 0 Å². The lowest BCUT2D eigenvalue weighted by Gasteiger charge is -2.39. The fourth-order valence-electron chi connectivity index (χ4n) is 3.69. The second kappa shape index (κ2) is 8.20. The normalized spacial score (nSPS) is 19.6. The maximum absolute atomic E-state index is 13.2. The monoisotopic (exact) mass is 417 g/mol. The molecule has 29 heavy (non-hydrogen) atoms. The molecule has 9 heteroatoms. The van der Waals surface area contributed by atoms with Crippen LogP contribution < -0.4 is 4.72 Å². The Labute approximate surface area is 169 Å². The van der Waals surface area contributed by atoms with E-state index in [-0.39, 0.29) is 39.8 Å². The van der Waals surface area contributed by atoms with E-state index in [1.807, 2.05) is 13.8 Å². The summed E-state index contributed by atoms with van der Waals surface area (Å²) in [7, 11) is -4.11. The van der Waals surface area contributed by atoms with Crippen LogP contribution in [0.25, 0.3) is 0 Å². The quantitative estimate of drug-likeness (QED) is 0.588. The number of nitrogens with one attached hydrogen (secondary N) is 1. The van der Waals surface area contributed by atoms with Gasteiger partial charge in [-0.3, -0.25) is 19.6 Å². The molecular formula is C20H23N3O5S. The number of para-hydroxylation sites is 1. The van der Waals surface area contributed by atoms with E-state index in [4.69, 9.17) is 0 Å². The van der Waals surface area contributed by atoms with Gasteiger partial charge in [-0.1, -0.05) is 18.2 Å². The number of nitro groups is 1. The predicted octanol–water partition coefficient (Wildman–Crippen LogP) is 3.80. The molecule has 2 aromatic carbocycles. The molecule has 1 aliphatic rings. The highest BCUT2D eigenvalue weighted by atomic mass is 32.2. The largest absolute Gasteiger partial charge is 0.333 e. The van der Waals surface area contributed by atoms with Crippen molar-refractivity contribution in [1.82, 2.24) is 4.90 Å². The average Bonchev–Trinajstić information content (AvgIpc) is 2.68. The van der Waals surface area contributed by atoms with Crippen LogP contribution in [-0.2, 0) is 10.0 Å². The number of carbonyl (C=O) groups is 1. The highest BCUT2D eigenvalue weighted by Crippen LogP contribution is 2.28. The lowest BCUT2D eigenvalue weighted by molar-refractivity contribution is -0.385. The summed E-state index contributed by atoms with van der Waals surface area (Å²) in [6, 6.07) is 11.3. The van der Waals surface area contributed by atoms with Crippen molar-refractivity contribution in [2.75, 3.05) is 4.72 Å². The van der Waals surface area contributed by atoms with Gasteiger partial charge in [0.25, 0.3) is 21.6 Å². The summed E-state index contributed by atoms with van der Waals surface area (Å²) < 4.78 is 28.0. The summed E-state index contributed by atoms with van der Waals surface area (Å²) in [5.74, 6) is -0.234. The molecule has 2 unspecified atom stereocenters. The Balaban J connectivity index is 1.94. The molecule has 8 nitrogen and oxygen atoms in total. The van der Waals surface area contributed by atoms with E-state index in [1.165, 1.54) is 24.3 Å². The molecule has 1 amide bonds. The number of hydrogen-bond donors (Lipinski definition) is 1. The first-order valence-electron chi connectivity index (χ1n) is 9.39. The van der Waals surface area contributed by atoms with Gasteiger partial charge in [-0.2, -0.15) is 0 Å². The van der Waals surface area contributed by atoms with Gasteiger partial charge in [-0.25, -0.2) is 8.42 Å². The first kappa shape index (κ1) is 20.8. The molecule has 1 N–H and O–H groups in total. The van der Waals surface area contributed by atoms with E-state index >= 15 is 0 Å². The lowest BCUT2D eigenvalue weighted by atomic mass is 9.96. The molecule has 154 valence electrons. The zero-order valence-electron chi connectivity index (χ0n) is 16.2. The van der Waals surface area contributed by atoms with Gasteiger partial charge in [-0.05, 0) is 51.3 Å². The number of amides is 1. The summed E-state index contributed by atoms with van der Waals surface area (Å²) in [6.45, 7) is 3.98. The molecule has 1 saturated heterocycles. The number of sulfonamides is 1. The minimum atomic E-state index is -4.11. The molecule has 0 aliphatic carbocycles. The van der Waals surface area contributed by atoms with Gasteiger partial charge >= 0.3 is 0 Å². The zero-order valence-corrected chi connectivity index (χ0v) is 17.1. The summed E-state index contributed by atoms with van der Waals surface area (Å²) in [5.41, 5.74) is 0.0734. The lowest BCUT2D eigenvalue weighted by Crippen LogP contribution is -2.47. The standard InChI is InChI=1S/C20H23N3O5S/c1-14-7-5-8-15(2)22(14)20(24)18-11-3-4-12-19(18)21-29(27,28)17-10-6-9-16(13-17)23(25)26/h3-4,6,9-15,21H,5,7-8H2,1-2H3. The third-order valence-corrected chi connectivity index (χ3v) is 6.53. The molecule has 0 spiro atoms. The molecule has 0 aromatic heterocycles. The molecule has 2 aromatic rings. The van der Waals surface area contributed by atoms with Gasteiger partial charge in [0.2, 0.25) is 0 Å². The van der Waals surface area contributed by atoms with E-state index in [0.29, 0.717) is 0 Å². The molecule has 2 atom stereocenters.